The van der Waals surface area contributed by atoms with Crippen molar-refractivity contribution >= 4 is 5.91 Å². The number of ether oxygens (including phenoxy) is 1. The maximum Gasteiger partial charge on any atom is 0.248 e. The second-order valence-electron chi connectivity index (χ2n) is 5.49. The van der Waals surface area contributed by atoms with Gasteiger partial charge >= 0.3 is 0 Å². The molecule has 0 heterocycles. The number of benzene rings is 2. The first-order valence-electron chi connectivity index (χ1n) is 7.10. The first kappa shape index (κ1) is 15.1. The van der Waals surface area contributed by atoms with Gasteiger partial charge in [0, 0.05) is 5.56 Å². The van der Waals surface area contributed by atoms with Gasteiger partial charge in [0.05, 0.1) is 0 Å². The van der Waals surface area contributed by atoms with E-state index in [9.17, 15) is 4.79 Å². The van der Waals surface area contributed by atoms with E-state index in [4.69, 9.17) is 10.5 Å². The molecular weight excluding hydrogens is 262 g/mol. The Balaban J connectivity index is 2.15. The molecule has 0 saturated carbocycles. The van der Waals surface area contributed by atoms with Gasteiger partial charge in [0.15, 0.2) is 0 Å². The third-order valence-corrected chi connectivity index (χ3v) is 3.55. The lowest BCUT2D eigenvalue weighted by Crippen LogP contribution is -2.11. The lowest BCUT2D eigenvalue weighted by atomic mass is 10.0. The van der Waals surface area contributed by atoms with Gasteiger partial charge in [-0.3, -0.25) is 4.79 Å². The topological polar surface area (TPSA) is 52.3 Å². The SMILES string of the molecule is Cc1cc(C(N)=O)ccc1COc1ccccc1C(C)C. The molecule has 0 saturated heterocycles. The van der Waals surface area contributed by atoms with Crippen LogP contribution in [0, 0.1) is 6.92 Å². The van der Waals surface area contributed by atoms with Gasteiger partial charge in [-0.05, 0) is 47.7 Å². The number of nitrogens with two attached hydrogens (primary N) is 1. The van der Waals surface area contributed by atoms with E-state index < -0.39 is 5.91 Å². The van der Waals surface area contributed by atoms with Crippen LogP contribution in [0.25, 0.3) is 0 Å². The summed E-state index contributed by atoms with van der Waals surface area (Å²) in [5.74, 6) is 0.918. The normalized spacial score (nSPS) is 10.7. The number of hydrogen-bond acceptors (Lipinski definition) is 2. The lowest BCUT2D eigenvalue weighted by Gasteiger charge is -2.15. The molecule has 3 heteroatoms. The van der Waals surface area contributed by atoms with Gasteiger partial charge in [0.1, 0.15) is 12.4 Å². The second-order valence-corrected chi connectivity index (χ2v) is 5.49. The second kappa shape index (κ2) is 6.44. The van der Waals surface area contributed by atoms with Crippen molar-refractivity contribution in [3.63, 3.8) is 0 Å². The fraction of sp³-hybridized carbons (Fsp3) is 0.278. The molecule has 110 valence electrons. The van der Waals surface area contributed by atoms with Crippen LogP contribution in [0.3, 0.4) is 0 Å². The van der Waals surface area contributed by atoms with Crippen molar-refractivity contribution in [1.29, 1.82) is 0 Å². The third-order valence-electron chi connectivity index (χ3n) is 3.55. The number of rotatable bonds is 5. The summed E-state index contributed by atoms with van der Waals surface area (Å²) in [6.45, 7) is 6.73. The molecule has 2 aromatic carbocycles. The molecule has 2 N–H and O–H groups in total. The average molecular weight is 283 g/mol. The first-order chi connectivity index (χ1) is 9.99. The minimum atomic E-state index is -0.407. The van der Waals surface area contributed by atoms with Crippen molar-refractivity contribution in [3.05, 3.63) is 64.7 Å². The Hall–Kier alpha value is -2.29. The van der Waals surface area contributed by atoms with E-state index in [0.29, 0.717) is 18.1 Å². The summed E-state index contributed by atoms with van der Waals surface area (Å²) in [4.78, 5) is 11.2. The van der Waals surface area contributed by atoms with Crippen molar-refractivity contribution in [2.75, 3.05) is 0 Å². The first-order valence-corrected chi connectivity index (χ1v) is 7.10. The molecule has 1 amide bonds. The number of aryl methyl sites for hydroxylation is 1. The number of primary amides is 1. The van der Waals surface area contributed by atoms with Crippen molar-refractivity contribution in [3.8, 4) is 5.75 Å². The molecule has 0 spiro atoms. The fourth-order valence-electron chi connectivity index (χ4n) is 2.26. The van der Waals surface area contributed by atoms with Gasteiger partial charge in [-0.25, -0.2) is 0 Å². The van der Waals surface area contributed by atoms with Gasteiger partial charge < -0.3 is 10.5 Å². The lowest BCUT2D eigenvalue weighted by molar-refractivity contribution is 0.1000. The molecule has 0 aromatic heterocycles. The van der Waals surface area contributed by atoms with E-state index >= 15 is 0 Å². The van der Waals surface area contributed by atoms with E-state index in [1.165, 1.54) is 5.56 Å². The molecule has 2 rings (SSSR count). The third kappa shape index (κ3) is 3.63. The van der Waals surface area contributed by atoms with Crippen LogP contribution in [-0.4, -0.2) is 5.91 Å². The predicted molar refractivity (Wildman–Crippen MR) is 84.6 cm³/mol. The summed E-state index contributed by atoms with van der Waals surface area (Å²) in [5, 5.41) is 0. The minimum Gasteiger partial charge on any atom is -0.489 e. The zero-order chi connectivity index (χ0) is 15.4. The molecule has 0 aliphatic carbocycles. The van der Waals surface area contributed by atoms with Crippen LogP contribution in [-0.2, 0) is 6.61 Å². The molecule has 2 aromatic rings. The highest BCUT2D eigenvalue weighted by molar-refractivity contribution is 5.93. The van der Waals surface area contributed by atoms with Crippen molar-refractivity contribution in [2.45, 2.75) is 33.3 Å². The number of carbonyl (C=O) groups excluding carboxylic acids is 1. The number of carbonyl (C=O) groups is 1. The smallest absolute Gasteiger partial charge is 0.248 e. The molecule has 0 bridgehead atoms. The van der Waals surface area contributed by atoms with Gasteiger partial charge in [0.25, 0.3) is 0 Å². The summed E-state index contributed by atoms with van der Waals surface area (Å²) in [6, 6.07) is 13.5. The quantitative estimate of drug-likeness (QED) is 0.907. The van der Waals surface area contributed by atoms with E-state index in [1.807, 2.05) is 31.2 Å². The molecule has 0 unspecified atom stereocenters. The Bertz CT molecular complexity index is 647. The zero-order valence-corrected chi connectivity index (χ0v) is 12.7. The standard InChI is InChI=1S/C18H21NO2/c1-12(2)16-6-4-5-7-17(16)21-11-15-9-8-14(18(19)20)10-13(15)3/h4-10,12H,11H2,1-3H3,(H2,19,20). The van der Waals surface area contributed by atoms with Gasteiger partial charge in [-0.15, -0.1) is 0 Å². The molecule has 0 atom stereocenters. The van der Waals surface area contributed by atoms with Gasteiger partial charge in [-0.2, -0.15) is 0 Å². The summed E-state index contributed by atoms with van der Waals surface area (Å²) in [5.41, 5.74) is 9.07. The average Bonchev–Trinajstić information content (AvgIpc) is 2.46. The Morgan fingerprint density at radius 2 is 1.90 bits per heavy atom. The van der Waals surface area contributed by atoms with Crippen LogP contribution in [0.4, 0.5) is 0 Å². The van der Waals surface area contributed by atoms with Crippen molar-refractivity contribution < 1.29 is 9.53 Å². The van der Waals surface area contributed by atoms with E-state index in [-0.39, 0.29) is 0 Å². The van der Waals surface area contributed by atoms with Gasteiger partial charge in [-0.1, -0.05) is 38.1 Å². The van der Waals surface area contributed by atoms with Crippen molar-refractivity contribution in [1.82, 2.24) is 0 Å². The Labute approximate surface area is 125 Å². The Morgan fingerprint density at radius 1 is 1.19 bits per heavy atom. The maximum atomic E-state index is 11.2. The van der Waals surface area contributed by atoms with E-state index in [0.717, 1.165) is 16.9 Å². The minimum absolute atomic E-state index is 0.407. The van der Waals surface area contributed by atoms with Gasteiger partial charge in [0.2, 0.25) is 5.91 Å². The highest BCUT2D eigenvalue weighted by atomic mass is 16.5. The molecular formula is C18H21NO2. The number of hydrogen-bond donors (Lipinski definition) is 1. The molecule has 0 aliphatic rings. The highest BCUT2D eigenvalue weighted by Gasteiger charge is 2.09. The summed E-state index contributed by atoms with van der Waals surface area (Å²) in [7, 11) is 0. The largest absolute Gasteiger partial charge is 0.489 e. The number of para-hydroxylation sites is 1. The van der Waals surface area contributed by atoms with Crippen LogP contribution in [0.15, 0.2) is 42.5 Å². The fourth-order valence-corrected chi connectivity index (χ4v) is 2.26. The molecule has 21 heavy (non-hydrogen) atoms. The van der Waals surface area contributed by atoms with Crippen LogP contribution in [0.5, 0.6) is 5.75 Å². The van der Waals surface area contributed by atoms with E-state index in [2.05, 4.69) is 19.9 Å². The monoisotopic (exact) mass is 283 g/mol. The maximum absolute atomic E-state index is 11.2. The van der Waals surface area contributed by atoms with Crippen LogP contribution in [0.1, 0.15) is 46.8 Å². The zero-order valence-electron chi connectivity index (χ0n) is 12.7. The van der Waals surface area contributed by atoms with Crippen LogP contribution in [0.2, 0.25) is 0 Å². The number of amides is 1. The molecule has 0 aliphatic heterocycles. The highest BCUT2D eigenvalue weighted by Crippen LogP contribution is 2.27. The molecule has 3 nitrogen and oxygen atoms in total. The summed E-state index contributed by atoms with van der Waals surface area (Å²) >= 11 is 0. The predicted octanol–water partition coefficient (Wildman–Crippen LogP) is 3.80. The Morgan fingerprint density at radius 3 is 2.52 bits per heavy atom. The van der Waals surface area contributed by atoms with Crippen LogP contribution < -0.4 is 10.5 Å². The summed E-state index contributed by atoms with van der Waals surface area (Å²) < 4.78 is 5.95. The van der Waals surface area contributed by atoms with Crippen molar-refractivity contribution in [2.24, 2.45) is 5.73 Å². The Kier molecular flexibility index (Phi) is 4.63. The van der Waals surface area contributed by atoms with Crippen LogP contribution >= 0.6 is 0 Å². The summed E-state index contributed by atoms with van der Waals surface area (Å²) in [6.07, 6.45) is 0. The molecule has 0 radical (unpaired) electrons. The molecule has 0 fully saturated rings. The van der Waals surface area contributed by atoms with E-state index in [1.54, 1.807) is 12.1 Å².